The maximum atomic E-state index is 13.6. The van der Waals surface area contributed by atoms with Crippen molar-refractivity contribution in [1.29, 1.82) is 0 Å². The van der Waals surface area contributed by atoms with Gasteiger partial charge in [0.25, 0.3) is 0 Å². The Balaban J connectivity index is 1.50. The van der Waals surface area contributed by atoms with Crippen molar-refractivity contribution >= 4 is 11.6 Å². The SMILES string of the molecule is Oc1c(F)cc(CNC23CC4CC(CC(C4)C2)C3)cc1Cl. The lowest BCUT2D eigenvalue weighted by Crippen LogP contribution is -2.58. The van der Waals surface area contributed by atoms with Crippen molar-refractivity contribution in [2.75, 3.05) is 0 Å². The number of nitrogens with one attached hydrogen (secondary N) is 1. The lowest BCUT2D eigenvalue weighted by molar-refractivity contribution is -0.0206. The number of aromatic hydroxyl groups is 1. The number of phenols is 1. The third kappa shape index (κ3) is 2.44. The standard InChI is InChI=1S/C17H21ClFNO/c18-14-4-13(5-15(19)16(14)21)9-20-17-6-10-1-11(7-17)3-12(2-10)8-17/h4-5,10-12,20-21H,1-3,6-9H2. The molecule has 5 rings (SSSR count). The zero-order chi connectivity index (χ0) is 14.6. The van der Waals surface area contributed by atoms with Gasteiger partial charge in [0.1, 0.15) is 0 Å². The van der Waals surface area contributed by atoms with Gasteiger partial charge in [0.15, 0.2) is 11.6 Å². The average Bonchev–Trinajstić information content (AvgIpc) is 2.41. The van der Waals surface area contributed by atoms with Crippen molar-refractivity contribution < 1.29 is 9.50 Å². The van der Waals surface area contributed by atoms with E-state index in [9.17, 15) is 9.50 Å². The van der Waals surface area contributed by atoms with Gasteiger partial charge in [-0.3, -0.25) is 0 Å². The average molecular weight is 310 g/mol. The molecule has 2 N–H and O–H groups in total. The van der Waals surface area contributed by atoms with Gasteiger partial charge in [0.2, 0.25) is 0 Å². The molecule has 0 unspecified atom stereocenters. The molecule has 4 fully saturated rings. The molecule has 21 heavy (non-hydrogen) atoms. The highest BCUT2D eigenvalue weighted by atomic mass is 35.5. The van der Waals surface area contributed by atoms with Crippen LogP contribution in [0.4, 0.5) is 4.39 Å². The van der Waals surface area contributed by atoms with Gasteiger partial charge in [-0.25, -0.2) is 4.39 Å². The molecular formula is C17H21ClFNO. The Bertz CT molecular complexity index is 516. The van der Waals surface area contributed by atoms with Crippen LogP contribution in [0.3, 0.4) is 0 Å². The van der Waals surface area contributed by atoms with E-state index in [0.717, 1.165) is 23.3 Å². The van der Waals surface area contributed by atoms with E-state index in [2.05, 4.69) is 5.32 Å². The van der Waals surface area contributed by atoms with Crippen molar-refractivity contribution in [3.8, 4) is 5.75 Å². The second-order valence-electron chi connectivity index (χ2n) is 7.46. The lowest BCUT2D eigenvalue weighted by Gasteiger charge is -2.57. The van der Waals surface area contributed by atoms with Crippen LogP contribution in [0.5, 0.6) is 5.75 Å². The van der Waals surface area contributed by atoms with E-state index >= 15 is 0 Å². The molecule has 0 atom stereocenters. The van der Waals surface area contributed by atoms with Crippen LogP contribution in [0.1, 0.15) is 44.1 Å². The van der Waals surface area contributed by atoms with Crippen LogP contribution in [-0.2, 0) is 6.54 Å². The minimum atomic E-state index is -0.634. The Labute approximate surface area is 129 Å². The summed E-state index contributed by atoms with van der Waals surface area (Å²) in [6, 6.07) is 3.04. The van der Waals surface area contributed by atoms with Crippen LogP contribution in [-0.4, -0.2) is 10.6 Å². The number of rotatable bonds is 3. The molecule has 4 aliphatic carbocycles. The van der Waals surface area contributed by atoms with E-state index in [-0.39, 0.29) is 10.6 Å². The number of halogens is 2. The summed E-state index contributed by atoms with van der Waals surface area (Å²) < 4.78 is 13.6. The Kier molecular flexibility index (Phi) is 3.20. The van der Waals surface area contributed by atoms with Gasteiger partial charge in [0, 0.05) is 12.1 Å². The zero-order valence-electron chi connectivity index (χ0n) is 12.0. The monoisotopic (exact) mass is 309 g/mol. The van der Waals surface area contributed by atoms with Crippen molar-refractivity contribution in [2.45, 2.75) is 50.6 Å². The zero-order valence-corrected chi connectivity index (χ0v) is 12.8. The molecule has 0 spiro atoms. The second kappa shape index (κ2) is 4.85. The van der Waals surface area contributed by atoms with Gasteiger partial charge in [-0.15, -0.1) is 0 Å². The summed E-state index contributed by atoms with van der Waals surface area (Å²) in [6.45, 7) is 0.628. The van der Waals surface area contributed by atoms with Gasteiger partial charge in [-0.05, 0) is 74.0 Å². The summed E-state index contributed by atoms with van der Waals surface area (Å²) in [7, 11) is 0. The molecule has 0 aliphatic heterocycles. The third-order valence-electron chi connectivity index (χ3n) is 5.78. The summed E-state index contributed by atoms with van der Waals surface area (Å²) in [6.07, 6.45) is 8.07. The Morgan fingerprint density at radius 3 is 2.24 bits per heavy atom. The quantitative estimate of drug-likeness (QED) is 0.875. The number of hydrogen-bond acceptors (Lipinski definition) is 2. The molecule has 114 valence electrons. The summed E-state index contributed by atoms with van der Waals surface area (Å²) in [5, 5.41) is 13.2. The maximum absolute atomic E-state index is 13.6. The summed E-state index contributed by atoms with van der Waals surface area (Å²) in [4.78, 5) is 0. The third-order valence-corrected chi connectivity index (χ3v) is 6.07. The fourth-order valence-electron chi connectivity index (χ4n) is 5.34. The van der Waals surface area contributed by atoms with Gasteiger partial charge < -0.3 is 10.4 Å². The lowest BCUT2D eigenvalue weighted by atomic mass is 9.53. The summed E-state index contributed by atoms with van der Waals surface area (Å²) in [5.74, 6) is 1.59. The van der Waals surface area contributed by atoms with Crippen LogP contribution in [0.2, 0.25) is 5.02 Å². The number of benzene rings is 1. The van der Waals surface area contributed by atoms with Crippen LogP contribution in [0.25, 0.3) is 0 Å². The van der Waals surface area contributed by atoms with Gasteiger partial charge in [-0.2, -0.15) is 0 Å². The largest absolute Gasteiger partial charge is 0.504 e. The highest BCUT2D eigenvalue weighted by Gasteiger charge is 2.50. The predicted molar refractivity (Wildman–Crippen MR) is 80.8 cm³/mol. The highest BCUT2D eigenvalue weighted by Crippen LogP contribution is 2.55. The van der Waals surface area contributed by atoms with E-state index in [4.69, 9.17) is 11.6 Å². The minimum absolute atomic E-state index is 0.0947. The molecule has 1 aromatic rings. The van der Waals surface area contributed by atoms with E-state index in [1.807, 2.05) is 0 Å². The summed E-state index contributed by atoms with van der Waals surface area (Å²) in [5.41, 5.74) is 1.07. The topological polar surface area (TPSA) is 32.3 Å². The van der Waals surface area contributed by atoms with Crippen molar-refractivity contribution in [2.24, 2.45) is 17.8 Å². The molecule has 0 saturated heterocycles. The minimum Gasteiger partial charge on any atom is -0.504 e. The first-order valence-corrected chi connectivity index (χ1v) is 8.33. The van der Waals surface area contributed by atoms with E-state index in [0.29, 0.717) is 6.54 Å². The Hall–Kier alpha value is -0.800. The fraction of sp³-hybridized carbons (Fsp3) is 0.647. The van der Waals surface area contributed by atoms with Crippen molar-refractivity contribution in [3.63, 3.8) is 0 Å². The first kappa shape index (κ1) is 13.8. The van der Waals surface area contributed by atoms with Crippen molar-refractivity contribution in [3.05, 3.63) is 28.5 Å². The molecule has 2 nitrogen and oxygen atoms in total. The van der Waals surface area contributed by atoms with Gasteiger partial charge in [-0.1, -0.05) is 11.6 Å². The molecular weight excluding hydrogens is 289 g/mol. The number of hydrogen-bond donors (Lipinski definition) is 2. The molecule has 4 saturated carbocycles. The van der Waals surface area contributed by atoms with E-state index in [1.165, 1.54) is 44.6 Å². The second-order valence-corrected chi connectivity index (χ2v) is 7.87. The molecule has 0 aromatic heterocycles. The molecule has 4 heteroatoms. The molecule has 0 radical (unpaired) electrons. The first-order valence-electron chi connectivity index (χ1n) is 7.95. The predicted octanol–water partition coefficient (Wildman–Crippen LogP) is 4.24. The van der Waals surface area contributed by atoms with Gasteiger partial charge in [0.05, 0.1) is 5.02 Å². The maximum Gasteiger partial charge on any atom is 0.170 e. The Morgan fingerprint density at radius 1 is 1.14 bits per heavy atom. The molecule has 4 aliphatic rings. The van der Waals surface area contributed by atoms with Crippen molar-refractivity contribution in [1.82, 2.24) is 5.32 Å². The number of phenolic OH excluding ortho intramolecular Hbond substituents is 1. The highest BCUT2D eigenvalue weighted by molar-refractivity contribution is 6.32. The molecule has 1 aromatic carbocycles. The van der Waals surface area contributed by atoms with Crippen LogP contribution >= 0.6 is 11.6 Å². The first-order chi connectivity index (χ1) is 10.0. The van der Waals surface area contributed by atoms with Crippen LogP contribution < -0.4 is 5.32 Å². The summed E-state index contributed by atoms with van der Waals surface area (Å²) >= 11 is 5.86. The molecule has 0 heterocycles. The fourth-order valence-corrected chi connectivity index (χ4v) is 5.57. The van der Waals surface area contributed by atoms with E-state index < -0.39 is 11.6 Å². The normalized spacial score (nSPS) is 37.1. The van der Waals surface area contributed by atoms with E-state index in [1.54, 1.807) is 6.07 Å². The molecule has 4 bridgehead atoms. The van der Waals surface area contributed by atoms with Crippen LogP contribution in [0, 0.1) is 23.6 Å². The van der Waals surface area contributed by atoms with Crippen LogP contribution in [0.15, 0.2) is 12.1 Å². The molecule has 0 amide bonds. The van der Waals surface area contributed by atoms with Gasteiger partial charge >= 0.3 is 0 Å². The smallest absolute Gasteiger partial charge is 0.170 e. The Morgan fingerprint density at radius 2 is 1.71 bits per heavy atom.